The van der Waals surface area contributed by atoms with Crippen molar-refractivity contribution in [2.75, 3.05) is 5.32 Å². The van der Waals surface area contributed by atoms with Gasteiger partial charge in [0.2, 0.25) is 5.43 Å². The molecule has 1 N–H and O–H groups in total. The molecule has 0 aliphatic heterocycles. The van der Waals surface area contributed by atoms with Gasteiger partial charge in [-0.15, -0.1) is 0 Å². The molecule has 24 heavy (non-hydrogen) atoms. The largest absolute Gasteiger partial charge is 0.332 e. The Kier molecular flexibility index (Phi) is 4.49. The summed E-state index contributed by atoms with van der Waals surface area (Å²) in [4.78, 5) is 29.6. The first-order valence-corrected chi connectivity index (χ1v) is 8.36. The highest BCUT2D eigenvalue weighted by Gasteiger charge is 2.16. The molecular weight excluding hydrogens is 370 g/mol. The quantitative estimate of drug-likeness (QED) is 0.746. The van der Waals surface area contributed by atoms with Gasteiger partial charge in [-0.1, -0.05) is 15.9 Å². The zero-order valence-corrected chi connectivity index (χ0v) is 14.9. The zero-order chi connectivity index (χ0) is 17.3. The molecule has 0 unspecified atom stereocenters. The predicted octanol–water partition coefficient (Wildman–Crippen LogP) is 3.74. The molecule has 1 amide bonds. The molecule has 122 valence electrons. The molecule has 0 spiro atoms. The minimum atomic E-state index is -0.424. The number of anilines is 1. The van der Waals surface area contributed by atoms with Gasteiger partial charge in [-0.2, -0.15) is 0 Å². The summed E-state index contributed by atoms with van der Waals surface area (Å²) in [6.07, 6.45) is 1.57. The molecule has 0 aliphatic rings. The van der Waals surface area contributed by atoms with E-state index in [4.69, 9.17) is 0 Å². The number of hydrogen-bond donors (Lipinski definition) is 1. The Morgan fingerprint density at radius 2 is 1.92 bits per heavy atom. The first kappa shape index (κ1) is 16.4. The highest BCUT2D eigenvalue weighted by Crippen LogP contribution is 2.16. The Balaban J connectivity index is 2.07. The van der Waals surface area contributed by atoms with E-state index in [0.717, 1.165) is 10.2 Å². The van der Waals surface area contributed by atoms with Crippen LogP contribution in [0, 0.1) is 6.92 Å². The summed E-state index contributed by atoms with van der Waals surface area (Å²) >= 11 is 3.35. The fourth-order valence-corrected chi connectivity index (χ4v) is 2.76. The minimum absolute atomic E-state index is 0.109. The number of aromatic nitrogens is 2. The van der Waals surface area contributed by atoms with Crippen LogP contribution >= 0.6 is 15.9 Å². The van der Waals surface area contributed by atoms with Crippen molar-refractivity contribution in [2.24, 2.45) is 0 Å². The van der Waals surface area contributed by atoms with Crippen LogP contribution in [-0.2, 0) is 6.54 Å². The average Bonchev–Trinajstić information content (AvgIpc) is 2.57. The summed E-state index contributed by atoms with van der Waals surface area (Å²) < 4.78 is 2.74. The lowest BCUT2D eigenvalue weighted by molar-refractivity contribution is 0.102. The second-order valence-corrected chi connectivity index (χ2v) is 6.36. The standard InChI is InChI=1S/C18H16BrN3O2/c1-3-22-10-15(16(23)14-9-4-11(2)20-17(14)22)18(24)21-13-7-5-12(19)6-8-13/h4-10H,3H2,1-2H3,(H,21,24). The Morgan fingerprint density at radius 3 is 2.58 bits per heavy atom. The van der Waals surface area contributed by atoms with Gasteiger partial charge >= 0.3 is 0 Å². The van der Waals surface area contributed by atoms with E-state index in [9.17, 15) is 9.59 Å². The second kappa shape index (κ2) is 6.57. The first-order chi connectivity index (χ1) is 11.5. The van der Waals surface area contributed by atoms with E-state index in [1.807, 2.05) is 30.5 Å². The van der Waals surface area contributed by atoms with Crippen molar-refractivity contribution < 1.29 is 4.79 Å². The van der Waals surface area contributed by atoms with Crippen LogP contribution in [0.1, 0.15) is 23.0 Å². The summed E-state index contributed by atoms with van der Waals surface area (Å²) in [6.45, 7) is 4.44. The van der Waals surface area contributed by atoms with Crippen molar-refractivity contribution in [3.63, 3.8) is 0 Å². The Bertz CT molecular complexity index is 978. The number of pyridine rings is 2. The van der Waals surface area contributed by atoms with E-state index in [0.29, 0.717) is 23.3 Å². The molecule has 2 aromatic heterocycles. The van der Waals surface area contributed by atoms with E-state index in [1.54, 1.807) is 30.5 Å². The number of fused-ring (bicyclic) bond motifs is 1. The van der Waals surface area contributed by atoms with Gasteiger partial charge in [-0.3, -0.25) is 9.59 Å². The molecule has 0 saturated carbocycles. The summed E-state index contributed by atoms with van der Waals surface area (Å²) in [5.41, 5.74) is 1.86. The van der Waals surface area contributed by atoms with Crippen LogP contribution < -0.4 is 10.7 Å². The molecule has 5 nitrogen and oxygen atoms in total. The van der Waals surface area contributed by atoms with Crippen LogP contribution in [0.25, 0.3) is 11.0 Å². The third-order valence-corrected chi connectivity index (χ3v) is 4.28. The van der Waals surface area contributed by atoms with E-state index in [2.05, 4.69) is 26.2 Å². The minimum Gasteiger partial charge on any atom is -0.332 e. The Hall–Kier alpha value is -2.47. The normalized spacial score (nSPS) is 10.8. The maximum absolute atomic E-state index is 12.7. The van der Waals surface area contributed by atoms with Crippen LogP contribution in [0.5, 0.6) is 0 Å². The SMILES string of the molecule is CCn1cc(C(=O)Nc2ccc(Br)cc2)c(=O)c2ccc(C)nc21. The fraction of sp³-hybridized carbons (Fsp3) is 0.167. The number of nitrogens with zero attached hydrogens (tertiary/aromatic N) is 2. The number of carbonyl (C=O) groups excluding carboxylic acids is 1. The predicted molar refractivity (Wildman–Crippen MR) is 98.5 cm³/mol. The highest BCUT2D eigenvalue weighted by molar-refractivity contribution is 9.10. The zero-order valence-electron chi connectivity index (χ0n) is 13.3. The molecular formula is C18H16BrN3O2. The van der Waals surface area contributed by atoms with Crippen LogP contribution in [0.2, 0.25) is 0 Å². The molecule has 0 bridgehead atoms. The van der Waals surface area contributed by atoms with Crippen molar-refractivity contribution in [1.29, 1.82) is 0 Å². The fourth-order valence-electron chi connectivity index (χ4n) is 2.49. The van der Waals surface area contributed by atoms with E-state index >= 15 is 0 Å². The first-order valence-electron chi connectivity index (χ1n) is 7.57. The number of rotatable bonds is 3. The topological polar surface area (TPSA) is 64.0 Å². The van der Waals surface area contributed by atoms with Gasteiger partial charge in [0, 0.05) is 28.6 Å². The monoisotopic (exact) mass is 385 g/mol. The van der Waals surface area contributed by atoms with Crippen molar-refractivity contribution in [3.8, 4) is 0 Å². The molecule has 0 fully saturated rings. The molecule has 2 heterocycles. The molecule has 3 aromatic rings. The lowest BCUT2D eigenvalue weighted by Gasteiger charge is -2.11. The molecule has 0 radical (unpaired) electrons. The van der Waals surface area contributed by atoms with E-state index < -0.39 is 5.91 Å². The van der Waals surface area contributed by atoms with Crippen molar-refractivity contribution >= 4 is 38.6 Å². The molecule has 6 heteroatoms. The lowest BCUT2D eigenvalue weighted by atomic mass is 10.1. The maximum atomic E-state index is 12.7. The third-order valence-electron chi connectivity index (χ3n) is 3.75. The second-order valence-electron chi connectivity index (χ2n) is 5.44. The summed E-state index contributed by atoms with van der Waals surface area (Å²) in [5, 5.41) is 3.21. The molecule has 0 saturated heterocycles. The summed E-state index contributed by atoms with van der Waals surface area (Å²) in [5.74, 6) is -0.424. The third kappa shape index (κ3) is 3.10. The van der Waals surface area contributed by atoms with Gasteiger partial charge in [0.1, 0.15) is 11.2 Å². The average molecular weight is 386 g/mol. The number of amides is 1. The number of halogens is 1. The summed E-state index contributed by atoms with van der Waals surface area (Å²) in [6, 6.07) is 10.7. The van der Waals surface area contributed by atoms with Gasteiger partial charge in [0.25, 0.3) is 5.91 Å². The Labute approximate surface area is 147 Å². The van der Waals surface area contributed by atoms with Crippen LogP contribution in [-0.4, -0.2) is 15.5 Å². The number of nitrogens with one attached hydrogen (secondary N) is 1. The molecule has 3 rings (SSSR count). The number of hydrogen-bond acceptors (Lipinski definition) is 3. The van der Waals surface area contributed by atoms with Crippen molar-refractivity contribution in [2.45, 2.75) is 20.4 Å². The van der Waals surface area contributed by atoms with E-state index in [-0.39, 0.29) is 11.0 Å². The lowest BCUT2D eigenvalue weighted by Crippen LogP contribution is -2.24. The maximum Gasteiger partial charge on any atom is 0.261 e. The molecule has 0 aliphatic carbocycles. The number of aryl methyl sites for hydroxylation is 2. The molecule has 1 aromatic carbocycles. The van der Waals surface area contributed by atoms with Gasteiger partial charge in [0.15, 0.2) is 0 Å². The van der Waals surface area contributed by atoms with Gasteiger partial charge in [0.05, 0.1) is 5.39 Å². The molecule has 0 atom stereocenters. The van der Waals surface area contributed by atoms with Crippen molar-refractivity contribution in [3.05, 3.63) is 68.5 Å². The summed E-state index contributed by atoms with van der Waals surface area (Å²) in [7, 11) is 0. The van der Waals surface area contributed by atoms with E-state index in [1.165, 1.54) is 0 Å². The number of carbonyl (C=O) groups is 1. The van der Waals surface area contributed by atoms with Gasteiger partial charge in [-0.25, -0.2) is 4.98 Å². The Morgan fingerprint density at radius 1 is 1.21 bits per heavy atom. The van der Waals surface area contributed by atoms with Gasteiger partial charge in [-0.05, 0) is 50.2 Å². The highest BCUT2D eigenvalue weighted by atomic mass is 79.9. The van der Waals surface area contributed by atoms with Crippen LogP contribution in [0.3, 0.4) is 0 Å². The number of benzene rings is 1. The van der Waals surface area contributed by atoms with Crippen LogP contribution in [0.4, 0.5) is 5.69 Å². The smallest absolute Gasteiger partial charge is 0.261 e. The van der Waals surface area contributed by atoms with Gasteiger partial charge < -0.3 is 9.88 Å². The van der Waals surface area contributed by atoms with Crippen LogP contribution in [0.15, 0.2) is 51.9 Å². The van der Waals surface area contributed by atoms with Crippen molar-refractivity contribution in [1.82, 2.24) is 9.55 Å².